The Balaban J connectivity index is 1.45. The van der Waals surface area contributed by atoms with Crippen molar-refractivity contribution >= 4 is 19.0 Å². The van der Waals surface area contributed by atoms with Gasteiger partial charge in [-0.15, -0.1) is 0 Å². The number of unbranched alkanes of at least 4 members (excludes halogenated alkanes) is 1. The largest absolute Gasteiger partial charge is 0.457 e. The molecule has 0 amide bonds. The Kier molecular flexibility index (Phi) is 7.07. The number of ether oxygens (including phenoxy) is 1. The van der Waals surface area contributed by atoms with Crippen LogP contribution in [0.25, 0.3) is 0 Å². The van der Waals surface area contributed by atoms with E-state index in [1.807, 2.05) is 26.0 Å². The van der Waals surface area contributed by atoms with Crippen molar-refractivity contribution in [2.75, 3.05) is 30.8 Å². The zero-order valence-corrected chi connectivity index (χ0v) is 23.4. The molecule has 2 heterocycles. The molecular weight excluding hydrogens is 505 g/mol. The van der Waals surface area contributed by atoms with Gasteiger partial charge in [-0.1, -0.05) is 72.8 Å². The average Bonchev–Trinajstić information content (AvgIpc) is 2.96. The molecule has 6 heteroatoms. The molecule has 0 radical (unpaired) electrons. The Labute approximate surface area is 230 Å². The smallest absolute Gasteiger partial charge is 0.330 e. The fraction of sp³-hybridized carbons (Fsp3) is 0.273. The highest BCUT2D eigenvalue weighted by atomic mass is 31.2. The average molecular weight is 540 g/mol. The highest BCUT2D eigenvalue weighted by Crippen LogP contribution is 2.61. The molecule has 6 rings (SSSR count). The van der Waals surface area contributed by atoms with Crippen LogP contribution in [0.5, 0.6) is 11.5 Å². The van der Waals surface area contributed by atoms with Crippen LogP contribution < -0.4 is 9.64 Å². The standard InChI is InChI=1S/C33H34NO4P/c1-3-36-39(35,37-4-2)24-14-13-23-34-29-19-9-5-15-25(29)33(26-16-6-10-20-30(26)34)27-17-7-11-21-31(27)38-32-22-12-8-18-28(32)33/h5-12,15-22H,3-4,13-14,23-24H2,1-2H3. The van der Waals surface area contributed by atoms with Crippen LogP contribution in [-0.2, 0) is 19.0 Å². The molecule has 4 aromatic rings. The number of hydrogen-bond acceptors (Lipinski definition) is 5. The van der Waals surface area contributed by atoms with E-state index in [1.54, 1.807) is 0 Å². The number of fused-ring (bicyclic) bond motifs is 8. The molecular formula is C33H34NO4P. The molecule has 0 N–H and O–H groups in total. The minimum atomic E-state index is -3.05. The molecule has 0 saturated heterocycles. The third kappa shape index (κ3) is 4.30. The summed E-state index contributed by atoms with van der Waals surface area (Å²) in [6, 6.07) is 34.3. The van der Waals surface area contributed by atoms with E-state index in [2.05, 4.69) is 89.8 Å². The summed E-state index contributed by atoms with van der Waals surface area (Å²) >= 11 is 0. The molecule has 4 aromatic carbocycles. The third-order valence-corrected chi connectivity index (χ3v) is 9.88. The van der Waals surface area contributed by atoms with Gasteiger partial charge in [0, 0.05) is 29.0 Å². The normalized spacial score (nSPS) is 14.7. The second kappa shape index (κ2) is 10.7. The molecule has 5 nitrogen and oxygen atoms in total. The lowest BCUT2D eigenvalue weighted by Crippen LogP contribution is -2.41. The van der Waals surface area contributed by atoms with E-state index in [0.29, 0.717) is 19.4 Å². The fourth-order valence-corrected chi connectivity index (χ4v) is 8.01. The van der Waals surface area contributed by atoms with Crippen molar-refractivity contribution in [2.45, 2.75) is 32.1 Å². The van der Waals surface area contributed by atoms with Gasteiger partial charge in [-0.05, 0) is 62.1 Å². The van der Waals surface area contributed by atoms with Crippen molar-refractivity contribution in [1.82, 2.24) is 0 Å². The summed E-state index contributed by atoms with van der Waals surface area (Å²) in [7, 11) is -3.05. The molecule has 1 spiro atoms. The maximum atomic E-state index is 13.0. The van der Waals surface area contributed by atoms with E-state index in [-0.39, 0.29) is 0 Å². The van der Waals surface area contributed by atoms with Crippen molar-refractivity contribution in [3.05, 3.63) is 119 Å². The molecule has 200 valence electrons. The number of hydrogen-bond donors (Lipinski definition) is 0. The highest BCUT2D eigenvalue weighted by Gasteiger charge is 2.50. The van der Waals surface area contributed by atoms with Gasteiger partial charge in [-0.2, -0.15) is 0 Å². The first-order chi connectivity index (χ1) is 19.1. The second-order valence-electron chi connectivity index (χ2n) is 9.91. The number of nitrogens with zero attached hydrogens (tertiary/aromatic N) is 1. The van der Waals surface area contributed by atoms with Gasteiger partial charge in [-0.3, -0.25) is 4.57 Å². The first kappa shape index (κ1) is 25.9. The first-order valence-corrected chi connectivity index (χ1v) is 15.6. The Morgan fingerprint density at radius 2 is 1.13 bits per heavy atom. The maximum Gasteiger partial charge on any atom is 0.330 e. The summed E-state index contributed by atoms with van der Waals surface area (Å²) in [6.45, 7) is 5.28. The van der Waals surface area contributed by atoms with Gasteiger partial charge >= 0.3 is 7.60 Å². The number of para-hydroxylation sites is 4. The van der Waals surface area contributed by atoms with Crippen molar-refractivity contribution < 1.29 is 18.3 Å². The van der Waals surface area contributed by atoms with Gasteiger partial charge in [0.2, 0.25) is 0 Å². The van der Waals surface area contributed by atoms with E-state index >= 15 is 0 Å². The van der Waals surface area contributed by atoms with Gasteiger partial charge in [0.05, 0.1) is 24.8 Å². The highest BCUT2D eigenvalue weighted by molar-refractivity contribution is 7.53. The van der Waals surface area contributed by atoms with E-state index in [0.717, 1.165) is 42.0 Å². The van der Waals surface area contributed by atoms with E-state index in [1.165, 1.54) is 22.5 Å². The summed E-state index contributed by atoms with van der Waals surface area (Å²) in [6.07, 6.45) is 2.03. The molecule has 0 saturated carbocycles. The van der Waals surface area contributed by atoms with Gasteiger partial charge in [0.1, 0.15) is 11.5 Å². The molecule has 0 fully saturated rings. The fourth-order valence-electron chi connectivity index (χ4n) is 6.28. The molecule has 0 unspecified atom stereocenters. The van der Waals surface area contributed by atoms with Gasteiger partial charge in [-0.25, -0.2) is 0 Å². The molecule has 0 aromatic heterocycles. The first-order valence-electron chi connectivity index (χ1n) is 13.8. The minimum Gasteiger partial charge on any atom is -0.457 e. The van der Waals surface area contributed by atoms with Gasteiger partial charge in [0.15, 0.2) is 0 Å². The molecule has 0 atom stereocenters. The van der Waals surface area contributed by atoms with Crippen LogP contribution in [0.3, 0.4) is 0 Å². The lowest BCUT2D eigenvalue weighted by atomic mass is 9.61. The number of rotatable bonds is 9. The zero-order valence-electron chi connectivity index (χ0n) is 22.5. The quantitative estimate of drug-likeness (QED) is 0.139. The Hall–Kier alpha value is -3.37. The number of benzene rings is 4. The van der Waals surface area contributed by atoms with E-state index in [4.69, 9.17) is 13.8 Å². The molecule has 2 aliphatic heterocycles. The van der Waals surface area contributed by atoms with Crippen molar-refractivity contribution in [2.24, 2.45) is 0 Å². The molecule has 2 aliphatic rings. The summed E-state index contributed by atoms with van der Waals surface area (Å²) in [5.74, 6) is 1.77. The summed E-state index contributed by atoms with van der Waals surface area (Å²) < 4.78 is 30.5. The molecule has 0 bridgehead atoms. The van der Waals surface area contributed by atoms with Crippen molar-refractivity contribution in [1.29, 1.82) is 0 Å². The minimum absolute atomic E-state index is 0.388. The SMILES string of the molecule is CCOP(=O)(CCCCN1c2ccccc2C2(c3ccccc3Oc3ccccc32)c2ccccc21)OCC. The van der Waals surface area contributed by atoms with Gasteiger partial charge in [0.25, 0.3) is 0 Å². The Morgan fingerprint density at radius 3 is 1.64 bits per heavy atom. The monoisotopic (exact) mass is 539 g/mol. The second-order valence-corrected chi connectivity index (χ2v) is 12.1. The Morgan fingerprint density at radius 1 is 0.667 bits per heavy atom. The van der Waals surface area contributed by atoms with Crippen molar-refractivity contribution in [3.8, 4) is 11.5 Å². The lowest BCUT2D eigenvalue weighted by Gasteiger charge is -2.48. The van der Waals surface area contributed by atoms with Crippen LogP contribution in [0.4, 0.5) is 11.4 Å². The van der Waals surface area contributed by atoms with E-state index in [9.17, 15) is 4.57 Å². The van der Waals surface area contributed by atoms with Gasteiger partial charge < -0.3 is 18.7 Å². The predicted octanol–water partition coefficient (Wildman–Crippen LogP) is 8.67. The predicted molar refractivity (Wildman–Crippen MR) is 157 cm³/mol. The van der Waals surface area contributed by atoms with Crippen LogP contribution in [-0.4, -0.2) is 25.9 Å². The van der Waals surface area contributed by atoms with Crippen LogP contribution >= 0.6 is 7.60 Å². The maximum absolute atomic E-state index is 13.0. The van der Waals surface area contributed by atoms with Crippen LogP contribution in [0.2, 0.25) is 0 Å². The summed E-state index contributed by atoms with van der Waals surface area (Å²) in [5, 5.41) is 0. The summed E-state index contributed by atoms with van der Waals surface area (Å²) in [4.78, 5) is 2.42. The van der Waals surface area contributed by atoms with Crippen molar-refractivity contribution in [3.63, 3.8) is 0 Å². The third-order valence-electron chi connectivity index (χ3n) is 7.72. The topological polar surface area (TPSA) is 48.0 Å². The number of anilines is 2. The van der Waals surface area contributed by atoms with Crippen LogP contribution in [0, 0.1) is 0 Å². The summed E-state index contributed by atoms with van der Waals surface area (Å²) in [5.41, 5.74) is 6.63. The lowest BCUT2D eigenvalue weighted by molar-refractivity contribution is 0.219. The van der Waals surface area contributed by atoms with E-state index < -0.39 is 13.0 Å². The van der Waals surface area contributed by atoms with Crippen LogP contribution in [0.15, 0.2) is 97.1 Å². The molecule has 39 heavy (non-hydrogen) atoms. The zero-order chi connectivity index (χ0) is 26.9. The van der Waals surface area contributed by atoms with Crippen LogP contribution in [0.1, 0.15) is 48.9 Å². The Bertz CT molecular complexity index is 1430. The molecule has 0 aliphatic carbocycles.